The molecule has 3 rings (SSSR count). The third-order valence-electron chi connectivity index (χ3n) is 4.35. The van der Waals surface area contributed by atoms with Gasteiger partial charge in [-0.1, -0.05) is 50.8 Å². The summed E-state index contributed by atoms with van der Waals surface area (Å²) in [7, 11) is 0. The second-order valence-corrected chi connectivity index (χ2v) is 7.44. The van der Waals surface area contributed by atoms with E-state index >= 15 is 0 Å². The van der Waals surface area contributed by atoms with Gasteiger partial charge in [-0.3, -0.25) is 0 Å². The molecule has 1 saturated carbocycles. The number of hydrogen-bond acceptors (Lipinski definition) is 7. The zero-order valence-electron chi connectivity index (χ0n) is 13.8. The SMILES string of the molecule is CCc1nnc(C(C)Sc2nnc(CCC3CCCCC3)o2)o1. The van der Waals surface area contributed by atoms with Crippen molar-refractivity contribution in [1.29, 1.82) is 0 Å². The second-order valence-electron chi connectivity index (χ2n) is 6.15. The van der Waals surface area contributed by atoms with Crippen LogP contribution >= 0.6 is 11.8 Å². The van der Waals surface area contributed by atoms with Gasteiger partial charge in [0.25, 0.3) is 5.22 Å². The van der Waals surface area contributed by atoms with E-state index in [0.29, 0.717) is 17.0 Å². The maximum absolute atomic E-state index is 5.75. The van der Waals surface area contributed by atoms with Gasteiger partial charge in [0.15, 0.2) is 0 Å². The number of nitrogens with zero attached hydrogens (tertiary/aromatic N) is 4. The molecule has 6 nitrogen and oxygen atoms in total. The Morgan fingerprint density at radius 1 is 1.04 bits per heavy atom. The Hall–Kier alpha value is -1.37. The Kier molecular flexibility index (Phi) is 5.70. The lowest BCUT2D eigenvalue weighted by atomic mass is 9.86. The molecule has 1 fully saturated rings. The zero-order valence-corrected chi connectivity index (χ0v) is 14.6. The number of thioether (sulfide) groups is 1. The molecule has 1 unspecified atom stereocenters. The van der Waals surface area contributed by atoms with Gasteiger partial charge >= 0.3 is 0 Å². The van der Waals surface area contributed by atoms with E-state index in [1.165, 1.54) is 43.9 Å². The van der Waals surface area contributed by atoms with Crippen molar-refractivity contribution in [2.24, 2.45) is 5.92 Å². The highest BCUT2D eigenvalue weighted by Gasteiger charge is 2.19. The van der Waals surface area contributed by atoms with Gasteiger partial charge in [0.05, 0.1) is 5.25 Å². The molecule has 2 heterocycles. The standard InChI is InChI=1S/C16H24N4O2S/c1-3-13-17-19-15(21-13)11(2)23-16-20-18-14(22-16)10-9-12-7-5-4-6-8-12/h11-12H,3-10H2,1-2H3. The predicted octanol–water partition coefficient (Wildman–Crippen LogP) is 4.38. The average Bonchev–Trinajstić information content (AvgIpc) is 3.23. The van der Waals surface area contributed by atoms with E-state index < -0.39 is 0 Å². The van der Waals surface area contributed by atoms with Gasteiger partial charge in [0, 0.05) is 12.8 Å². The van der Waals surface area contributed by atoms with Crippen LogP contribution in [0.2, 0.25) is 0 Å². The summed E-state index contributed by atoms with van der Waals surface area (Å²) in [5.74, 6) is 2.83. The molecule has 23 heavy (non-hydrogen) atoms. The topological polar surface area (TPSA) is 77.8 Å². The molecule has 0 radical (unpaired) electrons. The monoisotopic (exact) mass is 336 g/mol. The van der Waals surface area contributed by atoms with Crippen LogP contribution in [0.3, 0.4) is 0 Å². The fourth-order valence-corrected chi connectivity index (χ4v) is 3.70. The summed E-state index contributed by atoms with van der Waals surface area (Å²) in [5.41, 5.74) is 0. The van der Waals surface area contributed by atoms with Crippen LogP contribution in [-0.2, 0) is 12.8 Å². The minimum atomic E-state index is 0.00874. The van der Waals surface area contributed by atoms with E-state index in [2.05, 4.69) is 20.4 Å². The molecule has 0 N–H and O–H groups in total. The Balaban J connectivity index is 1.50. The van der Waals surface area contributed by atoms with Crippen molar-refractivity contribution < 1.29 is 8.83 Å². The molecule has 7 heteroatoms. The molecule has 0 aliphatic heterocycles. The molecule has 2 aromatic rings. The highest BCUT2D eigenvalue weighted by molar-refractivity contribution is 7.99. The van der Waals surface area contributed by atoms with Gasteiger partial charge in [-0.25, -0.2) is 0 Å². The van der Waals surface area contributed by atoms with Crippen molar-refractivity contribution in [2.45, 2.75) is 75.7 Å². The Morgan fingerprint density at radius 2 is 1.83 bits per heavy atom. The molecule has 0 aromatic carbocycles. The van der Waals surface area contributed by atoms with E-state index in [0.717, 1.165) is 31.1 Å². The molecule has 2 aromatic heterocycles. The maximum atomic E-state index is 5.75. The first-order valence-electron chi connectivity index (χ1n) is 8.56. The number of rotatable bonds is 7. The van der Waals surface area contributed by atoms with Crippen molar-refractivity contribution in [2.75, 3.05) is 0 Å². The van der Waals surface area contributed by atoms with E-state index in [9.17, 15) is 0 Å². The van der Waals surface area contributed by atoms with Crippen LogP contribution in [0.4, 0.5) is 0 Å². The van der Waals surface area contributed by atoms with Crippen LogP contribution in [0.5, 0.6) is 0 Å². The third-order valence-corrected chi connectivity index (χ3v) is 5.27. The minimum absolute atomic E-state index is 0.00874. The van der Waals surface area contributed by atoms with Gasteiger partial charge in [0.2, 0.25) is 17.7 Å². The van der Waals surface area contributed by atoms with Gasteiger partial charge in [-0.2, -0.15) is 0 Å². The van der Waals surface area contributed by atoms with E-state index in [1.807, 2.05) is 13.8 Å². The van der Waals surface area contributed by atoms with E-state index in [4.69, 9.17) is 8.83 Å². The van der Waals surface area contributed by atoms with Crippen LogP contribution in [-0.4, -0.2) is 20.4 Å². The van der Waals surface area contributed by atoms with E-state index in [1.54, 1.807) is 0 Å². The number of hydrogen-bond donors (Lipinski definition) is 0. The molecular weight excluding hydrogens is 312 g/mol. The molecule has 1 aliphatic rings. The summed E-state index contributed by atoms with van der Waals surface area (Å²) in [4.78, 5) is 0. The fourth-order valence-electron chi connectivity index (χ4n) is 2.97. The smallest absolute Gasteiger partial charge is 0.277 e. The zero-order chi connectivity index (χ0) is 16.1. The lowest BCUT2D eigenvalue weighted by molar-refractivity contribution is 0.322. The molecule has 0 bridgehead atoms. The van der Waals surface area contributed by atoms with E-state index in [-0.39, 0.29) is 5.25 Å². The number of aryl methyl sites for hydroxylation is 2. The molecule has 126 valence electrons. The van der Waals surface area contributed by atoms with Gasteiger partial charge in [-0.05, 0) is 19.3 Å². The normalized spacial score (nSPS) is 17.5. The van der Waals surface area contributed by atoms with Crippen molar-refractivity contribution in [3.8, 4) is 0 Å². The van der Waals surface area contributed by atoms with Crippen LogP contribution in [0, 0.1) is 5.92 Å². The van der Waals surface area contributed by atoms with Gasteiger partial charge < -0.3 is 8.83 Å². The first-order valence-corrected chi connectivity index (χ1v) is 9.44. The van der Waals surface area contributed by atoms with Crippen molar-refractivity contribution in [3.63, 3.8) is 0 Å². The van der Waals surface area contributed by atoms with Crippen LogP contribution in [0.1, 0.15) is 75.3 Å². The number of aromatic nitrogens is 4. The average molecular weight is 336 g/mol. The molecule has 0 amide bonds. The third kappa shape index (κ3) is 4.56. The minimum Gasteiger partial charge on any atom is -0.424 e. The highest BCUT2D eigenvalue weighted by atomic mass is 32.2. The maximum Gasteiger partial charge on any atom is 0.277 e. The van der Waals surface area contributed by atoms with Crippen LogP contribution < -0.4 is 0 Å². The molecule has 1 atom stereocenters. The largest absolute Gasteiger partial charge is 0.424 e. The van der Waals surface area contributed by atoms with Crippen molar-refractivity contribution >= 4 is 11.8 Å². The quantitative estimate of drug-likeness (QED) is 0.694. The first-order chi connectivity index (χ1) is 11.2. The molecule has 1 aliphatic carbocycles. The fraction of sp³-hybridized carbons (Fsp3) is 0.750. The Morgan fingerprint density at radius 3 is 2.57 bits per heavy atom. The molecule has 0 saturated heterocycles. The summed E-state index contributed by atoms with van der Waals surface area (Å²) in [5, 5.41) is 16.9. The van der Waals surface area contributed by atoms with Crippen molar-refractivity contribution in [1.82, 2.24) is 20.4 Å². The summed E-state index contributed by atoms with van der Waals surface area (Å²) in [6, 6.07) is 0. The van der Waals surface area contributed by atoms with Crippen molar-refractivity contribution in [3.05, 3.63) is 17.7 Å². The van der Waals surface area contributed by atoms with Crippen LogP contribution in [0.25, 0.3) is 0 Å². The lowest BCUT2D eigenvalue weighted by Gasteiger charge is -2.20. The first kappa shape index (κ1) is 16.5. The molecule has 0 spiro atoms. The van der Waals surface area contributed by atoms with Gasteiger partial charge in [0.1, 0.15) is 0 Å². The highest BCUT2D eigenvalue weighted by Crippen LogP contribution is 2.33. The molecular formula is C16H24N4O2S. The second kappa shape index (κ2) is 7.95. The summed E-state index contributed by atoms with van der Waals surface area (Å²) in [6.45, 7) is 4.00. The Bertz CT molecular complexity index is 607. The lowest BCUT2D eigenvalue weighted by Crippen LogP contribution is -2.07. The summed E-state index contributed by atoms with van der Waals surface area (Å²) >= 11 is 1.47. The van der Waals surface area contributed by atoms with Crippen LogP contribution in [0.15, 0.2) is 14.1 Å². The predicted molar refractivity (Wildman–Crippen MR) is 87.1 cm³/mol. The Labute approximate surface area is 140 Å². The summed E-state index contributed by atoms with van der Waals surface area (Å²) < 4.78 is 11.3. The summed E-state index contributed by atoms with van der Waals surface area (Å²) in [6.07, 6.45) is 9.63. The van der Waals surface area contributed by atoms with Gasteiger partial charge in [-0.15, -0.1) is 20.4 Å².